The molecule has 2 nitrogen and oxygen atoms in total. The van der Waals surface area contributed by atoms with Crippen LogP contribution < -0.4 is 5.63 Å². The van der Waals surface area contributed by atoms with Gasteiger partial charge in [-0.2, -0.15) is 0 Å². The Hall–Kier alpha value is -1.64. The van der Waals surface area contributed by atoms with Crippen LogP contribution in [0, 0.1) is 23.6 Å². The minimum absolute atomic E-state index is 0.157. The van der Waals surface area contributed by atoms with E-state index in [9.17, 15) is 4.79 Å². The molecule has 0 aliphatic heterocycles. The minimum atomic E-state index is -0.500. The van der Waals surface area contributed by atoms with Gasteiger partial charge in [0.2, 0.25) is 0 Å². The van der Waals surface area contributed by atoms with E-state index in [1.165, 1.54) is 70.6 Å². The standard InChI is InChI=1S/C31H45FO2/c1-3-4-5-6-7-8-9-10-27-21-26-19-20-28(30(32)29(26)31(33)34-27)25-17-15-24(16-18-25)23-13-11-22(2)12-14-23/h19-25H,3-18H2,1-2H3. The molecule has 1 aromatic heterocycles. The summed E-state index contributed by atoms with van der Waals surface area (Å²) in [5, 5.41) is 0.852. The van der Waals surface area contributed by atoms with E-state index in [4.69, 9.17) is 4.42 Å². The van der Waals surface area contributed by atoms with Gasteiger partial charge in [0.25, 0.3) is 0 Å². The molecular weight excluding hydrogens is 423 g/mol. The van der Waals surface area contributed by atoms with Crippen molar-refractivity contribution in [3.8, 4) is 0 Å². The maximum absolute atomic E-state index is 15.5. The molecule has 0 unspecified atom stereocenters. The molecule has 2 aliphatic rings. The minimum Gasteiger partial charge on any atom is -0.427 e. The predicted octanol–water partition coefficient (Wildman–Crippen LogP) is 9.33. The van der Waals surface area contributed by atoms with Crippen LogP contribution in [-0.4, -0.2) is 0 Å². The summed E-state index contributed by atoms with van der Waals surface area (Å²) in [4.78, 5) is 12.7. The first-order valence-corrected chi connectivity index (χ1v) is 14.3. The van der Waals surface area contributed by atoms with Crippen molar-refractivity contribution >= 4 is 10.8 Å². The van der Waals surface area contributed by atoms with Crippen molar-refractivity contribution in [1.82, 2.24) is 0 Å². The summed E-state index contributed by atoms with van der Waals surface area (Å²) in [5.41, 5.74) is 0.232. The number of halogens is 1. The van der Waals surface area contributed by atoms with E-state index < -0.39 is 5.63 Å². The third kappa shape index (κ3) is 6.32. The highest BCUT2D eigenvalue weighted by atomic mass is 19.1. The molecule has 188 valence electrons. The number of hydrogen-bond donors (Lipinski definition) is 0. The predicted molar refractivity (Wildman–Crippen MR) is 140 cm³/mol. The van der Waals surface area contributed by atoms with Crippen LogP contribution in [0.5, 0.6) is 0 Å². The topological polar surface area (TPSA) is 30.2 Å². The molecule has 34 heavy (non-hydrogen) atoms. The molecule has 0 spiro atoms. The van der Waals surface area contributed by atoms with Gasteiger partial charge in [0, 0.05) is 6.42 Å². The second-order valence-electron chi connectivity index (χ2n) is 11.4. The lowest BCUT2D eigenvalue weighted by Crippen LogP contribution is -2.25. The molecule has 3 heteroatoms. The first-order chi connectivity index (χ1) is 16.6. The third-order valence-electron chi connectivity index (χ3n) is 8.91. The lowest BCUT2D eigenvalue weighted by molar-refractivity contribution is 0.164. The fourth-order valence-corrected chi connectivity index (χ4v) is 6.66. The average Bonchev–Trinajstić information content (AvgIpc) is 2.84. The monoisotopic (exact) mass is 468 g/mol. The lowest BCUT2D eigenvalue weighted by atomic mass is 9.68. The Labute approximate surface area is 205 Å². The van der Waals surface area contributed by atoms with E-state index in [0.29, 0.717) is 11.1 Å². The van der Waals surface area contributed by atoms with Gasteiger partial charge in [-0.15, -0.1) is 0 Å². The molecule has 1 heterocycles. The van der Waals surface area contributed by atoms with Crippen LogP contribution in [0.25, 0.3) is 10.8 Å². The Bertz CT molecular complexity index is 961. The maximum atomic E-state index is 15.5. The third-order valence-corrected chi connectivity index (χ3v) is 8.91. The molecule has 1 aromatic carbocycles. The van der Waals surface area contributed by atoms with E-state index >= 15 is 4.39 Å². The van der Waals surface area contributed by atoms with Crippen molar-refractivity contribution in [3.05, 3.63) is 45.8 Å². The molecule has 4 rings (SSSR count). The molecular formula is C31H45FO2. The molecule has 0 saturated heterocycles. The molecule has 0 N–H and O–H groups in total. The fraction of sp³-hybridized carbons (Fsp3) is 0.710. The molecule has 2 saturated carbocycles. The van der Waals surface area contributed by atoms with Gasteiger partial charge in [0.1, 0.15) is 17.0 Å². The van der Waals surface area contributed by atoms with E-state index in [1.807, 2.05) is 18.2 Å². The SMILES string of the molecule is CCCCCCCCCc1cc2ccc(C3CCC(C4CCC(C)CC4)CC3)c(F)c2c(=O)o1. The summed E-state index contributed by atoms with van der Waals surface area (Å²) in [5.74, 6) is 3.17. The largest absolute Gasteiger partial charge is 0.427 e. The van der Waals surface area contributed by atoms with Crippen LogP contribution in [0.4, 0.5) is 4.39 Å². The van der Waals surface area contributed by atoms with Crippen LogP contribution in [0.15, 0.2) is 27.4 Å². The molecule has 2 aromatic rings. The van der Waals surface area contributed by atoms with Gasteiger partial charge in [-0.05, 0) is 85.6 Å². The zero-order chi connectivity index (χ0) is 23.9. The van der Waals surface area contributed by atoms with E-state index in [1.54, 1.807) is 0 Å². The smallest absolute Gasteiger partial charge is 0.346 e. The number of benzene rings is 1. The second-order valence-corrected chi connectivity index (χ2v) is 11.4. The highest BCUT2D eigenvalue weighted by molar-refractivity contribution is 5.83. The van der Waals surface area contributed by atoms with Gasteiger partial charge >= 0.3 is 5.63 Å². The van der Waals surface area contributed by atoms with E-state index in [-0.39, 0.29) is 17.1 Å². The van der Waals surface area contributed by atoms with Crippen molar-refractivity contribution in [2.45, 2.75) is 122 Å². The molecule has 0 radical (unpaired) electrons. The zero-order valence-electron chi connectivity index (χ0n) is 21.5. The van der Waals surface area contributed by atoms with Crippen LogP contribution >= 0.6 is 0 Å². The van der Waals surface area contributed by atoms with Gasteiger partial charge in [0.05, 0.1) is 0 Å². The number of rotatable bonds is 10. The Kier molecular flexibility index (Phi) is 9.25. The fourth-order valence-electron chi connectivity index (χ4n) is 6.66. The molecule has 2 fully saturated rings. The van der Waals surface area contributed by atoms with Crippen LogP contribution in [0.1, 0.15) is 127 Å². The summed E-state index contributed by atoms with van der Waals surface area (Å²) < 4.78 is 21.1. The quantitative estimate of drug-likeness (QED) is 0.325. The number of hydrogen-bond acceptors (Lipinski definition) is 2. The van der Waals surface area contributed by atoms with Crippen molar-refractivity contribution in [2.75, 3.05) is 0 Å². The van der Waals surface area contributed by atoms with Gasteiger partial charge in [-0.3, -0.25) is 0 Å². The molecule has 2 aliphatic carbocycles. The van der Waals surface area contributed by atoms with Crippen LogP contribution in [0.2, 0.25) is 0 Å². The van der Waals surface area contributed by atoms with Gasteiger partial charge in [-0.25, -0.2) is 9.18 Å². The highest BCUT2D eigenvalue weighted by Gasteiger charge is 2.31. The highest BCUT2D eigenvalue weighted by Crippen LogP contribution is 2.44. The second kappa shape index (κ2) is 12.4. The zero-order valence-corrected chi connectivity index (χ0v) is 21.5. The van der Waals surface area contributed by atoms with Gasteiger partial charge in [0.15, 0.2) is 0 Å². The Morgan fingerprint density at radius 3 is 2.15 bits per heavy atom. The number of fused-ring (bicyclic) bond motifs is 1. The first-order valence-electron chi connectivity index (χ1n) is 14.3. The van der Waals surface area contributed by atoms with Crippen molar-refractivity contribution in [1.29, 1.82) is 0 Å². The normalized spacial score (nSPS) is 25.6. The van der Waals surface area contributed by atoms with E-state index in [0.717, 1.165) is 55.4 Å². The first kappa shape index (κ1) is 25.5. The van der Waals surface area contributed by atoms with Gasteiger partial charge < -0.3 is 4.42 Å². The van der Waals surface area contributed by atoms with Crippen LogP contribution in [-0.2, 0) is 6.42 Å². The van der Waals surface area contributed by atoms with E-state index in [2.05, 4.69) is 13.8 Å². The van der Waals surface area contributed by atoms with Crippen molar-refractivity contribution < 1.29 is 8.81 Å². The maximum Gasteiger partial charge on any atom is 0.346 e. The summed E-state index contributed by atoms with van der Waals surface area (Å²) in [7, 11) is 0. The molecule has 0 bridgehead atoms. The number of unbranched alkanes of at least 4 members (excludes halogenated alkanes) is 6. The van der Waals surface area contributed by atoms with Crippen molar-refractivity contribution in [2.24, 2.45) is 17.8 Å². The summed E-state index contributed by atoms with van der Waals surface area (Å²) >= 11 is 0. The molecule has 0 atom stereocenters. The average molecular weight is 469 g/mol. The van der Waals surface area contributed by atoms with Crippen molar-refractivity contribution in [3.63, 3.8) is 0 Å². The lowest BCUT2D eigenvalue weighted by Gasteiger charge is -2.37. The van der Waals surface area contributed by atoms with Crippen LogP contribution in [0.3, 0.4) is 0 Å². The molecule has 0 amide bonds. The Balaban J connectivity index is 1.35. The van der Waals surface area contributed by atoms with Gasteiger partial charge in [-0.1, -0.05) is 77.3 Å². The summed E-state index contributed by atoms with van der Waals surface area (Å²) in [6.07, 6.45) is 19.3. The summed E-state index contributed by atoms with van der Waals surface area (Å²) in [6.45, 7) is 4.61. The Morgan fingerprint density at radius 1 is 0.853 bits per heavy atom. The Morgan fingerprint density at radius 2 is 1.47 bits per heavy atom. The number of aryl methyl sites for hydroxylation is 1. The summed E-state index contributed by atoms with van der Waals surface area (Å²) in [6, 6.07) is 5.79.